The van der Waals surface area contributed by atoms with Gasteiger partial charge in [0.2, 0.25) is 0 Å². The van der Waals surface area contributed by atoms with E-state index in [1.807, 2.05) is 0 Å². The third kappa shape index (κ3) is 3.94. The molecule has 3 nitrogen and oxygen atoms in total. The molecule has 1 saturated carbocycles. The Morgan fingerprint density at radius 2 is 2.17 bits per heavy atom. The maximum Gasteiger partial charge on any atom is 0.0580 e. The summed E-state index contributed by atoms with van der Waals surface area (Å²) < 4.78 is 11.3. The minimum Gasteiger partial charge on any atom is -0.381 e. The Morgan fingerprint density at radius 1 is 1.33 bits per heavy atom. The number of ether oxygens (including phenoxy) is 2. The van der Waals surface area contributed by atoms with Crippen molar-refractivity contribution in [2.45, 2.75) is 58.1 Å². The van der Waals surface area contributed by atoms with Gasteiger partial charge >= 0.3 is 0 Å². The van der Waals surface area contributed by atoms with Crippen molar-refractivity contribution >= 4 is 0 Å². The van der Waals surface area contributed by atoms with Crippen LogP contribution in [0.3, 0.4) is 0 Å². The molecular formula is C15H29NO2. The van der Waals surface area contributed by atoms with E-state index in [-0.39, 0.29) is 0 Å². The molecule has 0 aromatic heterocycles. The zero-order valence-corrected chi connectivity index (χ0v) is 12.0. The Labute approximate surface area is 112 Å². The zero-order valence-electron chi connectivity index (χ0n) is 12.0. The number of hydrogen-bond donors (Lipinski definition) is 1. The van der Waals surface area contributed by atoms with Gasteiger partial charge in [-0.05, 0) is 57.4 Å². The molecule has 0 amide bonds. The number of rotatable bonds is 7. The van der Waals surface area contributed by atoms with Gasteiger partial charge < -0.3 is 14.8 Å². The summed E-state index contributed by atoms with van der Waals surface area (Å²) in [6, 6.07) is 0.655. The van der Waals surface area contributed by atoms with Crippen molar-refractivity contribution in [2.75, 3.05) is 26.4 Å². The normalized spacial score (nSPS) is 34.0. The average molecular weight is 255 g/mol. The summed E-state index contributed by atoms with van der Waals surface area (Å²) in [4.78, 5) is 0. The highest BCUT2D eigenvalue weighted by Crippen LogP contribution is 2.35. The standard InChI is InChI=1S/C15H29NO2/c1-3-16-15(13-6-5-7-17-11-13)10-12-8-14(9-12)18-4-2/h12-16H,3-11H2,1-2H3. The molecule has 0 aromatic carbocycles. The minimum absolute atomic E-state index is 0.546. The van der Waals surface area contributed by atoms with Crippen LogP contribution in [0.4, 0.5) is 0 Å². The lowest BCUT2D eigenvalue weighted by Gasteiger charge is -2.40. The summed E-state index contributed by atoms with van der Waals surface area (Å²) in [7, 11) is 0. The topological polar surface area (TPSA) is 30.5 Å². The molecule has 106 valence electrons. The molecule has 1 heterocycles. The van der Waals surface area contributed by atoms with Gasteiger partial charge in [0.15, 0.2) is 0 Å². The summed E-state index contributed by atoms with van der Waals surface area (Å²) >= 11 is 0. The zero-order chi connectivity index (χ0) is 12.8. The van der Waals surface area contributed by atoms with Gasteiger partial charge in [0.05, 0.1) is 12.7 Å². The maximum atomic E-state index is 5.65. The first kappa shape index (κ1) is 14.3. The molecule has 2 fully saturated rings. The van der Waals surface area contributed by atoms with Crippen LogP contribution in [0.1, 0.15) is 46.0 Å². The van der Waals surface area contributed by atoms with Crippen LogP contribution < -0.4 is 5.32 Å². The highest BCUT2D eigenvalue weighted by atomic mass is 16.5. The quantitative estimate of drug-likeness (QED) is 0.758. The van der Waals surface area contributed by atoms with E-state index >= 15 is 0 Å². The summed E-state index contributed by atoms with van der Waals surface area (Å²) in [5.41, 5.74) is 0. The highest BCUT2D eigenvalue weighted by molar-refractivity contribution is 4.87. The highest BCUT2D eigenvalue weighted by Gasteiger charge is 2.33. The van der Waals surface area contributed by atoms with Crippen molar-refractivity contribution in [3.05, 3.63) is 0 Å². The minimum atomic E-state index is 0.546. The van der Waals surface area contributed by atoms with Crippen LogP contribution in [-0.4, -0.2) is 38.5 Å². The molecule has 2 atom stereocenters. The Kier molecular flexibility index (Phi) is 5.93. The average Bonchev–Trinajstić information content (AvgIpc) is 2.36. The third-order valence-electron chi connectivity index (χ3n) is 4.41. The van der Waals surface area contributed by atoms with Crippen LogP contribution in [0.2, 0.25) is 0 Å². The first-order chi connectivity index (χ1) is 8.83. The molecule has 0 aromatic rings. The second-order valence-electron chi connectivity index (χ2n) is 5.79. The van der Waals surface area contributed by atoms with E-state index in [0.29, 0.717) is 12.1 Å². The lowest BCUT2D eigenvalue weighted by atomic mass is 9.75. The van der Waals surface area contributed by atoms with E-state index in [9.17, 15) is 0 Å². The molecule has 2 rings (SSSR count). The van der Waals surface area contributed by atoms with Gasteiger partial charge in [-0.2, -0.15) is 0 Å². The molecule has 0 bridgehead atoms. The predicted octanol–water partition coefficient (Wildman–Crippen LogP) is 2.60. The molecular weight excluding hydrogens is 226 g/mol. The van der Waals surface area contributed by atoms with E-state index in [2.05, 4.69) is 19.2 Å². The monoisotopic (exact) mass is 255 g/mol. The van der Waals surface area contributed by atoms with Gasteiger partial charge in [-0.1, -0.05) is 6.92 Å². The molecule has 1 aliphatic heterocycles. The fourth-order valence-corrected chi connectivity index (χ4v) is 3.39. The van der Waals surface area contributed by atoms with Crippen LogP contribution >= 0.6 is 0 Å². The van der Waals surface area contributed by atoms with E-state index in [0.717, 1.165) is 38.2 Å². The third-order valence-corrected chi connectivity index (χ3v) is 4.41. The van der Waals surface area contributed by atoms with E-state index in [1.165, 1.54) is 32.1 Å². The van der Waals surface area contributed by atoms with Crippen molar-refractivity contribution in [2.24, 2.45) is 11.8 Å². The van der Waals surface area contributed by atoms with Gasteiger partial charge in [0.1, 0.15) is 0 Å². The van der Waals surface area contributed by atoms with Crippen molar-refractivity contribution < 1.29 is 9.47 Å². The largest absolute Gasteiger partial charge is 0.381 e. The second kappa shape index (κ2) is 7.46. The van der Waals surface area contributed by atoms with Crippen molar-refractivity contribution in [3.63, 3.8) is 0 Å². The fraction of sp³-hybridized carbons (Fsp3) is 1.00. The first-order valence-electron chi connectivity index (χ1n) is 7.76. The molecule has 1 N–H and O–H groups in total. The van der Waals surface area contributed by atoms with Gasteiger partial charge in [-0.15, -0.1) is 0 Å². The molecule has 2 unspecified atom stereocenters. The lowest BCUT2D eigenvalue weighted by molar-refractivity contribution is -0.0351. The Hall–Kier alpha value is -0.120. The maximum absolute atomic E-state index is 5.65. The molecule has 1 saturated heterocycles. The summed E-state index contributed by atoms with van der Waals surface area (Å²) in [6.07, 6.45) is 6.96. The summed E-state index contributed by atoms with van der Waals surface area (Å²) in [5, 5.41) is 3.68. The van der Waals surface area contributed by atoms with Crippen LogP contribution in [0.25, 0.3) is 0 Å². The summed E-state index contributed by atoms with van der Waals surface area (Å²) in [5.74, 6) is 1.59. The van der Waals surface area contributed by atoms with Gasteiger partial charge in [0.25, 0.3) is 0 Å². The van der Waals surface area contributed by atoms with Crippen molar-refractivity contribution in [1.82, 2.24) is 5.32 Å². The van der Waals surface area contributed by atoms with E-state index in [4.69, 9.17) is 9.47 Å². The van der Waals surface area contributed by atoms with Crippen LogP contribution in [0.5, 0.6) is 0 Å². The number of hydrogen-bond acceptors (Lipinski definition) is 3. The van der Waals surface area contributed by atoms with Gasteiger partial charge in [-0.25, -0.2) is 0 Å². The van der Waals surface area contributed by atoms with Crippen molar-refractivity contribution in [1.29, 1.82) is 0 Å². The SMILES string of the molecule is CCNC(CC1CC(OCC)C1)C1CCCOC1. The second-order valence-corrected chi connectivity index (χ2v) is 5.79. The molecule has 3 heteroatoms. The predicted molar refractivity (Wildman–Crippen MR) is 73.8 cm³/mol. The lowest BCUT2D eigenvalue weighted by Crippen LogP contribution is -2.44. The molecule has 2 aliphatic rings. The molecule has 0 spiro atoms. The van der Waals surface area contributed by atoms with Gasteiger partial charge in [-0.3, -0.25) is 0 Å². The van der Waals surface area contributed by atoms with Crippen LogP contribution in [-0.2, 0) is 9.47 Å². The fourth-order valence-electron chi connectivity index (χ4n) is 3.39. The summed E-state index contributed by atoms with van der Waals surface area (Å²) in [6.45, 7) is 8.16. The van der Waals surface area contributed by atoms with Crippen LogP contribution in [0, 0.1) is 11.8 Å². The number of nitrogens with one attached hydrogen (secondary N) is 1. The Morgan fingerprint density at radius 3 is 2.78 bits per heavy atom. The molecule has 0 radical (unpaired) electrons. The Balaban J connectivity index is 1.72. The van der Waals surface area contributed by atoms with Gasteiger partial charge in [0, 0.05) is 19.3 Å². The molecule has 18 heavy (non-hydrogen) atoms. The van der Waals surface area contributed by atoms with Crippen molar-refractivity contribution in [3.8, 4) is 0 Å². The first-order valence-corrected chi connectivity index (χ1v) is 7.76. The van der Waals surface area contributed by atoms with E-state index in [1.54, 1.807) is 0 Å². The van der Waals surface area contributed by atoms with E-state index < -0.39 is 0 Å². The smallest absolute Gasteiger partial charge is 0.0580 e. The molecule has 1 aliphatic carbocycles. The Bertz CT molecular complexity index is 223. The van der Waals surface area contributed by atoms with Crippen LogP contribution in [0.15, 0.2) is 0 Å².